The van der Waals surface area contributed by atoms with Gasteiger partial charge in [0.25, 0.3) is 0 Å². The number of fused-ring (bicyclic) bond motifs is 1. The Morgan fingerprint density at radius 3 is 2.79 bits per heavy atom. The second-order valence-corrected chi connectivity index (χ2v) is 3.55. The van der Waals surface area contributed by atoms with Crippen molar-refractivity contribution in [1.29, 1.82) is 0 Å². The van der Waals surface area contributed by atoms with Crippen molar-refractivity contribution >= 4 is 10.9 Å². The maximum atomic E-state index is 9.22. The summed E-state index contributed by atoms with van der Waals surface area (Å²) in [6.07, 6.45) is 0. The Kier molecular flexibility index (Phi) is 2.22. The largest absolute Gasteiger partial charge is 0.392 e. The topological polar surface area (TPSA) is 33.1 Å². The number of para-hydroxylation sites is 1. The van der Waals surface area contributed by atoms with Gasteiger partial charge < -0.3 is 5.11 Å². The molecule has 0 atom stereocenters. The zero-order valence-electron chi connectivity index (χ0n) is 8.41. The van der Waals surface area contributed by atoms with Crippen LogP contribution in [0.1, 0.15) is 16.8 Å². The Bertz CT molecular complexity index is 477. The number of aliphatic hydroxyl groups excluding tert-OH is 1. The minimum Gasteiger partial charge on any atom is -0.392 e. The Hall–Kier alpha value is -1.41. The highest BCUT2D eigenvalue weighted by atomic mass is 16.3. The number of benzene rings is 1. The smallest absolute Gasteiger partial charge is 0.0737 e. The number of aliphatic hydroxyl groups is 1. The number of aromatic nitrogens is 1. The van der Waals surface area contributed by atoms with Gasteiger partial charge >= 0.3 is 0 Å². The number of hydrogen-bond acceptors (Lipinski definition) is 2. The number of aryl methyl sites for hydroxylation is 2. The molecule has 0 aliphatic rings. The molecule has 0 bridgehead atoms. The fourth-order valence-electron chi connectivity index (χ4n) is 1.74. The molecule has 1 heterocycles. The zero-order chi connectivity index (χ0) is 10.1. The Morgan fingerprint density at radius 2 is 2.07 bits per heavy atom. The van der Waals surface area contributed by atoms with Crippen molar-refractivity contribution in [2.24, 2.45) is 0 Å². The van der Waals surface area contributed by atoms with Gasteiger partial charge in [-0.15, -0.1) is 0 Å². The van der Waals surface area contributed by atoms with Gasteiger partial charge in [-0.25, -0.2) is 0 Å². The van der Waals surface area contributed by atoms with Crippen LogP contribution in [-0.4, -0.2) is 10.1 Å². The van der Waals surface area contributed by atoms with E-state index in [0.717, 1.165) is 27.7 Å². The summed E-state index contributed by atoms with van der Waals surface area (Å²) in [6, 6.07) is 7.96. The zero-order valence-corrected chi connectivity index (χ0v) is 8.41. The molecular weight excluding hydrogens is 174 g/mol. The third kappa shape index (κ3) is 1.38. The average molecular weight is 187 g/mol. The lowest BCUT2D eigenvalue weighted by Gasteiger charge is -2.06. The molecule has 2 nitrogen and oxygen atoms in total. The Balaban J connectivity index is 2.87. The molecule has 72 valence electrons. The molecule has 0 amide bonds. The van der Waals surface area contributed by atoms with Gasteiger partial charge in [0.05, 0.1) is 12.1 Å². The second kappa shape index (κ2) is 3.39. The van der Waals surface area contributed by atoms with Crippen LogP contribution in [0.2, 0.25) is 0 Å². The lowest BCUT2D eigenvalue weighted by molar-refractivity contribution is 0.283. The van der Waals surface area contributed by atoms with Crippen LogP contribution in [0.4, 0.5) is 0 Å². The first-order chi connectivity index (χ1) is 6.72. The van der Waals surface area contributed by atoms with E-state index < -0.39 is 0 Å². The third-order valence-corrected chi connectivity index (χ3v) is 2.43. The summed E-state index contributed by atoms with van der Waals surface area (Å²) in [6.45, 7) is 4.06. The van der Waals surface area contributed by atoms with Gasteiger partial charge in [-0.2, -0.15) is 0 Å². The Labute approximate surface area is 83.2 Å². The van der Waals surface area contributed by atoms with Crippen LogP contribution in [-0.2, 0) is 6.61 Å². The van der Waals surface area contributed by atoms with Crippen molar-refractivity contribution in [2.45, 2.75) is 20.5 Å². The molecule has 2 aromatic rings. The summed E-state index contributed by atoms with van der Waals surface area (Å²) >= 11 is 0. The van der Waals surface area contributed by atoms with E-state index in [1.54, 1.807) is 0 Å². The van der Waals surface area contributed by atoms with Crippen LogP contribution >= 0.6 is 0 Å². The lowest BCUT2D eigenvalue weighted by atomic mass is 10.1. The van der Waals surface area contributed by atoms with Gasteiger partial charge in [0.15, 0.2) is 0 Å². The molecule has 1 aromatic heterocycles. The third-order valence-electron chi connectivity index (χ3n) is 2.43. The van der Waals surface area contributed by atoms with E-state index in [1.807, 2.05) is 38.1 Å². The van der Waals surface area contributed by atoms with E-state index in [2.05, 4.69) is 4.98 Å². The molecule has 0 radical (unpaired) electrons. The van der Waals surface area contributed by atoms with E-state index in [4.69, 9.17) is 0 Å². The molecule has 0 aliphatic carbocycles. The minimum absolute atomic E-state index is 0.0727. The van der Waals surface area contributed by atoms with Crippen molar-refractivity contribution in [3.05, 3.63) is 41.1 Å². The van der Waals surface area contributed by atoms with E-state index in [0.29, 0.717) is 0 Å². The highest BCUT2D eigenvalue weighted by molar-refractivity contribution is 5.85. The standard InChI is InChI=1S/C12H13NO/c1-8-4-3-5-11-10(7-14)6-9(2)13-12(8)11/h3-6,14H,7H2,1-2H3. The molecule has 0 saturated carbocycles. The minimum atomic E-state index is 0.0727. The SMILES string of the molecule is Cc1cc(CO)c2cccc(C)c2n1. The van der Waals surface area contributed by atoms with Crippen LogP contribution < -0.4 is 0 Å². The van der Waals surface area contributed by atoms with Gasteiger partial charge in [0.1, 0.15) is 0 Å². The highest BCUT2D eigenvalue weighted by Crippen LogP contribution is 2.21. The van der Waals surface area contributed by atoms with Crippen molar-refractivity contribution < 1.29 is 5.11 Å². The molecule has 1 aromatic carbocycles. The molecule has 0 aliphatic heterocycles. The highest BCUT2D eigenvalue weighted by Gasteiger charge is 2.04. The molecule has 0 fully saturated rings. The Morgan fingerprint density at radius 1 is 1.29 bits per heavy atom. The monoisotopic (exact) mass is 187 g/mol. The molecule has 0 spiro atoms. The van der Waals surface area contributed by atoms with Gasteiger partial charge in [-0.3, -0.25) is 4.98 Å². The second-order valence-electron chi connectivity index (χ2n) is 3.55. The maximum absolute atomic E-state index is 9.22. The molecular formula is C12H13NO. The van der Waals surface area contributed by atoms with Crippen LogP contribution in [0, 0.1) is 13.8 Å². The van der Waals surface area contributed by atoms with Crippen molar-refractivity contribution in [3.63, 3.8) is 0 Å². The van der Waals surface area contributed by atoms with Crippen molar-refractivity contribution in [1.82, 2.24) is 4.98 Å². The van der Waals surface area contributed by atoms with Gasteiger partial charge in [-0.1, -0.05) is 18.2 Å². The normalized spacial score (nSPS) is 10.8. The van der Waals surface area contributed by atoms with E-state index in [-0.39, 0.29) is 6.61 Å². The van der Waals surface area contributed by atoms with Crippen LogP contribution in [0.5, 0.6) is 0 Å². The number of hydrogen-bond donors (Lipinski definition) is 1. The summed E-state index contributed by atoms with van der Waals surface area (Å²) in [5.74, 6) is 0. The van der Waals surface area contributed by atoms with Gasteiger partial charge in [0.2, 0.25) is 0 Å². The molecule has 2 rings (SSSR count). The van der Waals surface area contributed by atoms with Crippen molar-refractivity contribution in [3.8, 4) is 0 Å². The first kappa shape index (κ1) is 9.16. The summed E-state index contributed by atoms with van der Waals surface area (Å²) in [5, 5.41) is 10.3. The predicted octanol–water partition coefficient (Wildman–Crippen LogP) is 2.34. The molecule has 2 heteroatoms. The van der Waals surface area contributed by atoms with Crippen LogP contribution in [0.3, 0.4) is 0 Å². The average Bonchev–Trinajstić information content (AvgIpc) is 2.18. The number of rotatable bonds is 1. The van der Waals surface area contributed by atoms with Crippen molar-refractivity contribution in [2.75, 3.05) is 0 Å². The fraction of sp³-hybridized carbons (Fsp3) is 0.250. The summed E-state index contributed by atoms with van der Waals surface area (Å²) in [7, 11) is 0. The van der Waals surface area contributed by atoms with E-state index >= 15 is 0 Å². The first-order valence-electron chi connectivity index (χ1n) is 4.69. The first-order valence-corrected chi connectivity index (χ1v) is 4.69. The molecule has 0 saturated heterocycles. The lowest BCUT2D eigenvalue weighted by Crippen LogP contribution is -1.93. The quantitative estimate of drug-likeness (QED) is 0.743. The summed E-state index contributed by atoms with van der Waals surface area (Å²) in [5.41, 5.74) is 4.06. The molecule has 0 unspecified atom stereocenters. The van der Waals surface area contributed by atoms with E-state index in [1.165, 1.54) is 0 Å². The summed E-state index contributed by atoms with van der Waals surface area (Å²) in [4.78, 5) is 4.47. The van der Waals surface area contributed by atoms with Gasteiger partial charge in [0, 0.05) is 11.1 Å². The molecule has 14 heavy (non-hydrogen) atoms. The summed E-state index contributed by atoms with van der Waals surface area (Å²) < 4.78 is 0. The number of pyridine rings is 1. The van der Waals surface area contributed by atoms with Crippen LogP contribution in [0.25, 0.3) is 10.9 Å². The maximum Gasteiger partial charge on any atom is 0.0737 e. The fourth-order valence-corrected chi connectivity index (χ4v) is 1.74. The van der Waals surface area contributed by atoms with E-state index in [9.17, 15) is 5.11 Å². The molecule has 1 N–H and O–H groups in total. The van der Waals surface area contributed by atoms with Crippen LogP contribution in [0.15, 0.2) is 24.3 Å². The van der Waals surface area contributed by atoms with Gasteiger partial charge in [-0.05, 0) is 31.0 Å². The number of nitrogens with zero attached hydrogens (tertiary/aromatic N) is 1. The predicted molar refractivity (Wildman–Crippen MR) is 57.1 cm³/mol.